The number of fused-ring (bicyclic) bond motifs is 1. The van der Waals surface area contributed by atoms with Gasteiger partial charge in [-0.1, -0.05) is 13.0 Å². The van der Waals surface area contributed by atoms with Gasteiger partial charge in [0, 0.05) is 18.5 Å². The predicted molar refractivity (Wildman–Crippen MR) is 99.0 cm³/mol. The van der Waals surface area contributed by atoms with Crippen molar-refractivity contribution in [2.24, 2.45) is 0 Å². The molecule has 0 radical (unpaired) electrons. The maximum absolute atomic E-state index is 12.0. The molecule has 0 atom stereocenters. The van der Waals surface area contributed by atoms with Crippen LogP contribution in [0.5, 0.6) is 17.2 Å². The fourth-order valence-electron chi connectivity index (χ4n) is 2.66. The summed E-state index contributed by atoms with van der Waals surface area (Å²) in [6.45, 7) is 2.48. The van der Waals surface area contributed by atoms with Crippen LogP contribution in [0, 0.1) is 0 Å². The molecule has 1 aliphatic rings. The highest BCUT2D eigenvalue weighted by atomic mass is 16.7. The van der Waals surface area contributed by atoms with Gasteiger partial charge in [0.2, 0.25) is 18.6 Å². The Balaban J connectivity index is 1.26. The number of ether oxygens (including phenoxy) is 3. The van der Waals surface area contributed by atoms with E-state index in [1.807, 2.05) is 37.3 Å². The highest BCUT2D eigenvalue weighted by Gasteiger charge is 2.13. The highest BCUT2D eigenvalue weighted by Crippen LogP contribution is 2.32. The third-order valence-corrected chi connectivity index (χ3v) is 4.17. The first kappa shape index (κ1) is 17.8. The molecule has 1 N–H and O–H groups in total. The fourth-order valence-corrected chi connectivity index (χ4v) is 2.66. The third-order valence-electron chi connectivity index (χ3n) is 4.17. The number of amides is 1. The molecule has 144 valence electrons. The van der Waals surface area contributed by atoms with E-state index < -0.39 is 0 Å². The second kappa shape index (κ2) is 7.99. The van der Waals surface area contributed by atoms with Crippen molar-refractivity contribution in [3.05, 3.63) is 53.9 Å². The fraction of sp³-hybridized carbons (Fsp3) is 0.250. The van der Waals surface area contributed by atoms with Gasteiger partial charge in [-0.25, -0.2) is 0 Å². The van der Waals surface area contributed by atoms with Gasteiger partial charge >= 0.3 is 0 Å². The van der Waals surface area contributed by atoms with Crippen LogP contribution in [0.25, 0.3) is 11.5 Å². The quantitative estimate of drug-likeness (QED) is 0.672. The first-order valence-electron chi connectivity index (χ1n) is 8.92. The molecule has 0 saturated carbocycles. The minimum atomic E-state index is -0.216. The summed E-state index contributed by atoms with van der Waals surface area (Å²) < 4.78 is 21.6. The monoisotopic (exact) mass is 381 g/mol. The molecule has 0 fully saturated rings. The number of carbonyl (C=O) groups excluding carboxylic acids is 1. The Bertz CT molecular complexity index is 968. The van der Waals surface area contributed by atoms with Crippen LogP contribution in [-0.4, -0.2) is 29.5 Å². The second-order valence-electron chi connectivity index (χ2n) is 6.13. The van der Waals surface area contributed by atoms with Gasteiger partial charge in [-0.2, -0.15) is 0 Å². The minimum Gasteiger partial charge on any atom is -0.484 e. The maximum atomic E-state index is 12.0. The van der Waals surface area contributed by atoms with Crippen molar-refractivity contribution >= 4 is 5.91 Å². The zero-order valence-corrected chi connectivity index (χ0v) is 15.3. The second-order valence-corrected chi connectivity index (χ2v) is 6.13. The van der Waals surface area contributed by atoms with Crippen LogP contribution in [0.3, 0.4) is 0 Å². The molecule has 0 aliphatic carbocycles. The molecule has 2 heterocycles. The Kier molecular flexibility index (Phi) is 5.09. The lowest BCUT2D eigenvalue weighted by atomic mass is 10.2. The third kappa shape index (κ3) is 4.06. The molecule has 2 aromatic carbocycles. The van der Waals surface area contributed by atoms with Crippen LogP contribution in [0.4, 0.5) is 0 Å². The van der Waals surface area contributed by atoms with Crippen molar-refractivity contribution in [2.75, 3.05) is 13.4 Å². The number of aromatic nitrogens is 2. The lowest BCUT2D eigenvalue weighted by Crippen LogP contribution is -2.28. The van der Waals surface area contributed by atoms with Gasteiger partial charge in [0.1, 0.15) is 5.75 Å². The molecule has 1 aromatic heterocycles. The van der Waals surface area contributed by atoms with Crippen LogP contribution in [-0.2, 0) is 17.8 Å². The van der Waals surface area contributed by atoms with E-state index in [9.17, 15) is 4.79 Å². The van der Waals surface area contributed by atoms with Gasteiger partial charge in [-0.3, -0.25) is 4.79 Å². The van der Waals surface area contributed by atoms with Crippen LogP contribution >= 0.6 is 0 Å². The zero-order chi connectivity index (χ0) is 19.3. The summed E-state index contributed by atoms with van der Waals surface area (Å²) >= 11 is 0. The van der Waals surface area contributed by atoms with Crippen molar-refractivity contribution in [2.45, 2.75) is 19.9 Å². The van der Waals surface area contributed by atoms with Gasteiger partial charge in [0.25, 0.3) is 5.91 Å². The van der Waals surface area contributed by atoms with Crippen LogP contribution in [0.1, 0.15) is 18.4 Å². The summed E-state index contributed by atoms with van der Waals surface area (Å²) in [7, 11) is 0. The van der Waals surface area contributed by atoms with Crippen LogP contribution in [0.2, 0.25) is 0 Å². The first-order valence-corrected chi connectivity index (χ1v) is 8.92. The Morgan fingerprint density at radius 1 is 1.11 bits per heavy atom. The summed E-state index contributed by atoms with van der Waals surface area (Å²) in [5.74, 6) is 2.83. The van der Waals surface area contributed by atoms with E-state index in [2.05, 4.69) is 15.5 Å². The van der Waals surface area contributed by atoms with Crippen molar-refractivity contribution in [1.29, 1.82) is 0 Å². The molecule has 8 heteroatoms. The van der Waals surface area contributed by atoms with Crippen molar-refractivity contribution in [3.8, 4) is 28.7 Å². The van der Waals surface area contributed by atoms with Gasteiger partial charge < -0.3 is 23.9 Å². The van der Waals surface area contributed by atoms with E-state index in [4.69, 9.17) is 18.6 Å². The summed E-state index contributed by atoms with van der Waals surface area (Å²) in [5.41, 5.74) is 1.72. The Hall–Kier alpha value is -3.55. The highest BCUT2D eigenvalue weighted by molar-refractivity contribution is 5.77. The van der Waals surface area contributed by atoms with Crippen molar-refractivity contribution in [3.63, 3.8) is 0 Å². The lowest BCUT2D eigenvalue weighted by molar-refractivity contribution is -0.123. The SMILES string of the molecule is CCc1nnc(-c2ccc(OCC(=O)NCc3ccc4c(c3)OCO4)cc2)o1. The van der Waals surface area contributed by atoms with Crippen LogP contribution < -0.4 is 19.5 Å². The van der Waals surface area contributed by atoms with E-state index in [0.29, 0.717) is 42.0 Å². The van der Waals surface area contributed by atoms with Gasteiger partial charge in [-0.15, -0.1) is 10.2 Å². The average molecular weight is 381 g/mol. The maximum Gasteiger partial charge on any atom is 0.258 e. The topological polar surface area (TPSA) is 95.7 Å². The first-order chi connectivity index (χ1) is 13.7. The average Bonchev–Trinajstić information content (AvgIpc) is 3.40. The summed E-state index contributed by atoms with van der Waals surface area (Å²) in [6.07, 6.45) is 0.690. The molecule has 0 saturated heterocycles. The summed E-state index contributed by atoms with van der Waals surface area (Å²) in [6, 6.07) is 12.7. The van der Waals surface area contributed by atoms with E-state index in [1.165, 1.54) is 0 Å². The molecule has 0 bridgehead atoms. The molecular weight excluding hydrogens is 362 g/mol. The molecule has 8 nitrogen and oxygen atoms in total. The van der Waals surface area contributed by atoms with E-state index in [1.54, 1.807) is 12.1 Å². The number of hydrogen-bond donors (Lipinski definition) is 1. The smallest absolute Gasteiger partial charge is 0.258 e. The number of carbonyl (C=O) groups is 1. The van der Waals surface area contributed by atoms with E-state index >= 15 is 0 Å². The zero-order valence-electron chi connectivity index (χ0n) is 15.3. The number of aryl methyl sites for hydroxylation is 1. The number of nitrogens with one attached hydrogen (secondary N) is 1. The lowest BCUT2D eigenvalue weighted by Gasteiger charge is -2.08. The largest absolute Gasteiger partial charge is 0.484 e. The molecule has 0 spiro atoms. The number of hydrogen-bond acceptors (Lipinski definition) is 7. The van der Waals surface area contributed by atoms with Crippen LogP contribution in [0.15, 0.2) is 46.9 Å². The molecule has 0 unspecified atom stereocenters. The molecule has 4 rings (SSSR count). The molecule has 28 heavy (non-hydrogen) atoms. The van der Waals surface area contributed by atoms with Gasteiger partial charge in [-0.05, 0) is 42.0 Å². The normalized spacial score (nSPS) is 12.0. The van der Waals surface area contributed by atoms with Crippen molar-refractivity contribution in [1.82, 2.24) is 15.5 Å². The Morgan fingerprint density at radius 3 is 2.71 bits per heavy atom. The number of rotatable bonds is 7. The summed E-state index contributed by atoms with van der Waals surface area (Å²) in [5, 5.41) is 10.8. The Morgan fingerprint density at radius 2 is 1.93 bits per heavy atom. The molecule has 3 aromatic rings. The minimum absolute atomic E-state index is 0.0789. The summed E-state index contributed by atoms with van der Waals surface area (Å²) in [4.78, 5) is 12.0. The number of nitrogens with zero attached hydrogens (tertiary/aromatic N) is 2. The van der Waals surface area contributed by atoms with E-state index in [0.717, 1.165) is 11.1 Å². The van der Waals surface area contributed by atoms with E-state index in [-0.39, 0.29) is 19.3 Å². The Labute approximate surface area is 161 Å². The van der Waals surface area contributed by atoms with Crippen molar-refractivity contribution < 1.29 is 23.4 Å². The standard InChI is InChI=1S/C20H19N3O5/c1-2-19-22-23-20(28-19)14-4-6-15(7-5-14)25-11-18(24)21-10-13-3-8-16-17(9-13)27-12-26-16/h3-9H,2,10-12H2,1H3,(H,21,24). The van der Waals surface area contributed by atoms with Gasteiger partial charge in [0.15, 0.2) is 18.1 Å². The molecule has 1 aliphatic heterocycles. The van der Waals surface area contributed by atoms with Gasteiger partial charge in [0.05, 0.1) is 0 Å². The number of benzene rings is 2. The predicted octanol–water partition coefficient (Wildman–Crippen LogP) is 2.72. The molecule has 1 amide bonds. The molecular formula is C20H19N3O5.